The highest BCUT2D eigenvalue weighted by Gasteiger charge is 2.55. The van der Waals surface area contributed by atoms with E-state index in [2.05, 4.69) is 25.6 Å². The first-order valence-electron chi connectivity index (χ1n) is 5.11. The molecule has 3 aliphatic heterocycles. The lowest BCUT2D eigenvalue weighted by atomic mass is 9.97. The van der Waals surface area contributed by atoms with E-state index in [1.807, 2.05) is 0 Å². The van der Waals surface area contributed by atoms with Crippen molar-refractivity contribution in [1.29, 1.82) is 0 Å². The Morgan fingerprint density at radius 3 is 3.19 bits per heavy atom. The number of hydrogen-bond acceptors (Lipinski definition) is 8. The number of nitrogens with zero attached hydrogens (tertiary/aromatic N) is 2. The van der Waals surface area contributed by atoms with Gasteiger partial charge in [0.1, 0.15) is 6.10 Å². The zero-order valence-corrected chi connectivity index (χ0v) is 8.21. The monoisotopic (exact) mass is 226 g/mol. The second-order valence-corrected chi connectivity index (χ2v) is 4.31. The summed E-state index contributed by atoms with van der Waals surface area (Å²) in [6, 6.07) is -0.0654. The molecule has 0 radical (unpaired) electrons. The van der Waals surface area contributed by atoms with Gasteiger partial charge in [0.2, 0.25) is 17.9 Å². The topological polar surface area (TPSA) is 102 Å². The molecule has 3 N–H and O–H groups in total. The minimum absolute atomic E-state index is 0.0654. The Morgan fingerprint density at radius 1 is 1.38 bits per heavy atom. The second-order valence-electron chi connectivity index (χ2n) is 4.31. The van der Waals surface area contributed by atoms with E-state index in [9.17, 15) is 5.11 Å². The maximum absolute atomic E-state index is 10.4. The molecule has 8 heteroatoms. The molecular formula is C8H10N4O4. The van der Waals surface area contributed by atoms with Crippen LogP contribution in [0.1, 0.15) is 6.42 Å². The first-order chi connectivity index (χ1) is 7.74. The number of aromatic nitrogens is 2. The third-order valence-corrected chi connectivity index (χ3v) is 3.23. The highest BCUT2D eigenvalue weighted by Crippen LogP contribution is 2.40. The molecule has 4 rings (SSSR count). The van der Waals surface area contributed by atoms with Gasteiger partial charge in [-0.2, -0.15) is 0 Å². The van der Waals surface area contributed by atoms with Gasteiger partial charge in [0.15, 0.2) is 5.72 Å². The molecule has 2 saturated heterocycles. The minimum Gasteiger partial charge on any atom is -0.366 e. The molecule has 4 atom stereocenters. The van der Waals surface area contributed by atoms with E-state index in [0.29, 0.717) is 24.7 Å². The summed E-state index contributed by atoms with van der Waals surface area (Å²) in [7, 11) is 0. The molecule has 16 heavy (non-hydrogen) atoms. The molecule has 8 nitrogen and oxygen atoms in total. The van der Waals surface area contributed by atoms with Gasteiger partial charge < -0.3 is 25.2 Å². The molecule has 4 bridgehead atoms. The Hall–Kier alpha value is -1.38. The van der Waals surface area contributed by atoms with Gasteiger partial charge >= 0.3 is 0 Å². The summed E-state index contributed by atoms with van der Waals surface area (Å²) in [5, 5.41) is 23.8. The van der Waals surface area contributed by atoms with Crippen molar-refractivity contribution in [3.8, 4) is 0 Å². The molecular weight excluding hydrogens is 216 g/mol. The van der Waals surface area contributed by atoms with Crippen LogP contribution in [0.5, 0.6) is 0 Å². The highest BCUT2D eigenvalue weighted by molar-refractivity contribution is 5.61. The first kappa shape index (κ1) is 8.74. The van der Waals surface area contributed by atoms with Crippen molar-refractivity contribution in [2.24, 2.45) is 0 Å². The standard InChI is InChI=1S/C8H10N4O4/c13-8-1-3(4-2-14-7(8)15-4)9-5-6(10-8)12-16-11-5/h3-4,7,13H,1-2H2,(H,9,11)(H,10,12). The van der Waals surface area contributed by atoms with Gasteiger partial charge in [-0.25, -0.2) is 4.63 Å². The number of aliphatic hydroxyl groups is 1. The fourth-order valence-corrected chi connectivity index (χ4v) is 2.44. The van der Waals surface area contributed by atoms with Crippen molar-refractivity contribution < 1.29 is 19.2 Å². The quantitative estimate of drug-likeness (QED) is 0.523. The normalized spacial score (nSPS) is 44.2. The second kappa shape index (κ2) is 2.65. The van der Waals surface area contributed by atoms with Crippen molar-refractivity contribution in [3.63, 3.8) is 0 Å². The number of rotatable bonds is 0. The lowest BCUT2D eigenvalue weighted by Gasteiger charge is -2.38. The molecule has 4 unspecified atom stereocenters. The SMILES string of the molecule is OC12CC(Nc3nonc3N1)C1COC2O1. The maximum atomic E-state index is 10.4. The van der Waals surface area contributed by atoms with Gasteiger partial charge in [-0.15, -0.1) is 0 Å². The van der Waals surface area contributed by atoms with Crippen LogP contribution in [0.2, 0.25) is 0 Å². The van der Waals surface area contributed by atoms with E-state index in [0.717, 1.165) is 0 Å². The number of ether oxygens (including phenoxy) is 2. The van der Waals surface area contributed by atoms with Crippen molar-refractivity contribution in [1.82, 2.24) is 10.3 Å². The van der Waals surface area contributed by atoms with Crippen LogP contribution in [-0.4, -0.2) is 46.2 Å². The van der Waals surface area contributed by atoms with Crippen LogP contribution in [0.15, 0.2) is 4.63 Å². The summed E-state index contributed by atoms with van der Waals surface area (Å²) in [6.07, 6.45) is -0.270. The fraction of sp³-hybridized carbons (Fsp3) is 0.750. The molecule has 3 aliphatic rings. The zero-order valence-electron chi connectivity index (χ0n) is 8.21. The third kappa shape index (κ3) is 0.984. The van der Waals surface area contributed by atoms with Crippen LogP contribution in [0.3, 0.4) is 0 Å². The van der Waals surface area contributed by atoms with E-state index >= 15 is 0 Å². The van der Waals surface area contributed by atoms with Crippen LogP contribution in [0.25, 0.3) is 0 Å². The van der Waals surface area contributed by atoms with Gasteiger partial charge in [-0.3, -0.25) is 0 Å². The van der Waals surface area contributed by atoms with Gasteiger partial charge in [0.25, 0.3) is 0 Å². The molecule has 4 heterocycles. The van der Waals surface area contributed by atoms with E-state index < -0.39 is 12.0 Å². The van der Waals surface area contributed by atoms with Crippen LogP contribution >= 0.6 is 0 Å². The fourth-order valence-electron chi connectivity index (χ4n) is 2.44. The summed E-state index contributed by atoms with van der Waals surface area (Å²) in [5.41, 5.74) is -1.28. The number of nitrogens with one attached hydrogen (secondary N) is 2. The minimum atomic E-state index is -1.28. The Balaban J connectivity index is 1.82. The van der Waals surface area contributed by atoms with Crippen LogP contribution in [0.4, 0.5) is 11.6 Å². The van der Waals surface area contributed by atoms with E-state index in [1.165, 1.54) is 0 Å². The summed E-state index contributed by atoms with van der Waals surface area (Å²) in [6.45, 7) is 0.465. The Bertz CT molecular complexity index is 437. The van der Waals surface area contributed by atoms with Crippen molar-refractivity contribution in [2.75, 3.05) is 17.2 Å². The van der Waals surface area contributed by atoms with Crippen LogP contribution in [-0.2, 0) is 9.47 Å². The average molecular weight is 226 g/mol. The van der Waals surface area contributed by atoms with Crippen LogP contribution < -0.4 is 10.6 Å². The summed E-state index contributed by atoms with van der Waals surface area (Å²) < 4.78 is 15.6. The summed E-state index contributed by atoms with van der Waals surface area (Å²) in [4.78, 5) is 0. The molecule has 0 amide bonds. The third-order valence-electron chi connectivity index (χ3n) is 3.23. The molecule has 0 saturated carbocycles. The van der Waals surface area contributed by atoms with Crippen molar-refractivity contribution >= 4 is 11.6 Å². The molecule has 1 aromatic rings. The van der Waals surface area contributed by atoms with E-state index in [4.69, 9.17) is 9.47 Å². The Kier molecular flexibility index (Phi) is 1.45. The molecule has 1 aromatic heterocycles. The van der Waals surface area contributed by atoms with Gasteiger partial charge in [-0.1, -0.05) is 0 Å². The van der Waals surface area contributed by atoms with Crippen molar-refractivity contribution in [3.05, 3.63) is 0 Å². The summed E-state index contributed by atoms with van der Waals surface area (Å²) in [5.74, 6) is 0.877. The van der Waals surface area contributed by atoms with Gasteiger partial charge in [0.05, 0.1) is 12.6 Å². The molecule has 2 fully saturated rings. The largest absolute Gasteiger partial charge is 0.366 e. The maximum Gasteiger partial charge on any atom is 0.217 e. The zero-order chi connectivity index (χ0) is 10.8. The Morgan fingerprint density at radius 2 is 2.25 bits per heavy atom. The van der Waals surface area contributed by atoms with E-state index in [1.54, 1.807) is 0 Å². The van der Waals surface area contributed by atoms with Crippen molar-refractivity contribution in [2.45, 2.75) is 30.6 Å². The Labute approximate surface area is 89.9 Å². The molecule has 0 spiro atoms. The first-order valence-corrected chi connectivity index (χ1v) is 5.11. The summed E-state index contributed by atoms with van der Waals surface area (Å²) >= 11 is 0. The molecule has 0 aromatic carbocycles. The average Bonchev–Trinajstić information content (AvgIpc) is 2.83. The lowest BCUT2D eigenvalue weighted by molar-refractivity contribution is -0.200. The predicted octanol–water partition coefficient (Wildman–Crippen LogP) is -0.891. The van der Waals surface area contributed by atoms with E-state index in [-0.39, 0.29) is 12.1 Å². The molecule has 86 valence electrons. The van der Waals surface area contributed by atoms with Gasteiger partial charge in [-0.05, 0) is 10.3 Å². The number of fused-ring (bicyclic) bond motifs is 7. The predicted molar refractivity (Wildman–Crippen MR) is 49.5 cm³/mol. The van der Waals surface area contributed by atoms with Crippen LogP contribution in [0, 0.1) is 0 Å². The number of hydrogen-bond donors (Lipinski definition) is 3. The smallest absolute Gasteiger partial charge is 0.217 e. The highest BCUT2D eigenvalue weighted by atomic mass is 16.7. The van der Waals surface area contributed by atoms with Gasteiger partial charge in [0, 0.05) is 6.42 Å². The molecule has 0 aliphatic carbocycles. The lowest BCUT2D eigenvalue weighted by Crippen LogP contribution is -2.57. The number of anilines is 2.